The lowest BCUT2D eigenvalue weighted by molar-refractivity contribution is 0.187. The zero-order chi connectivity index (χ0) is 11.3. The van der Waals surface area contributed by atoms with Crippen molar-refractivity contribution in [3.05, 3.63) is 0 Å². The molecule has 0 aromatic carbocycles. The van der Waals surface area contributed by atoms with Crippen molar-refractivity contribution in [3.63, 3.8) is 0 Å². The van der Waals surface area contributed by atoms with Crippen LogP contribution in [-0.4, -0.2) is 53.1 Å². The van der Waals surface area contributed by atoms with E-state index in [1.165, 1.54) is 31.0 Å². The molecule has 4 heteroatoms. The summed E-state index contributed by atoms with van der Waals surface area (Å²) < 4.78 is 0.408. The average Bonchev–Trinajstić information content (AvgIpc) is 2.17. The van der Waals surface area contributed by atoms with Crippen LogP contribution in [0.15, 0.2) is 0 Å². The molecule has 0 aromatic rings. The van der Waals surface area contributed by atoms with Gasteiger partial charge in [0.15, 0.2) is 0 Å². The van der Waals surface area contributed by atoms with Gasteiger partial charge in [0.1, 0.15) is 0 Å². The highest BCUT2D eigenvalue weighted by Crippen LogP contribution is 2.30. The molecule has 90 valence electrons. The van der Waals surface area contributed by atoms with Gasteiger partial charge in [-0.05, 0) is 32.3 Å². The van der Waals surface area contributed by atoms with E-state index >= 15 is 0 Å². The van der Waals surface area contributed by atoms with Crippen molar-refractivity contribution in [1.29, 1.82) is 0 Å². The maximum absolute atomic E-state index is 5.88. The molecule has 1 aliphatic heterocycles. The summed E-state index contributed by atoms with van der Waals surface area (Å²) in [5.74, 6) is 2.48. The van der Waals surface area contributed by atoms with Crippen LogP contribution in [0.4, 0.5) is 0 Å². The Labute approximate surface area is 103 Å². The summed E-state index contributed by atoms with van der Waals surface area (Å²) in [4.78, 5) is 2.59. The standard InChI is InChI=1S/C11H24N2S2/c1-11(2)9-13(5-7-15-11)10(8-12)4-6-14-3/h10H,4-9,12H2,1-3H3. The smallest absolute Gasteiger partial charge is 0.0231 e. The van der Waals surface area contributed by atoms with Crippen LogP contribution in [0.2, 0.25) is 0 Å². The quantitative estimate of drug-likeness (QED) is 0.804. The van der Waals surface area contributed by atoms with E-state index in [1.807, 2.05) is 11.8 Å². The highest BCUT2D eigenvalue weighted by molar-refractivity contribution is 8.00. The molecule has 0 radical (unpaired) electrons. The Morgan fingerprint density at radius 3 is 2.80 bits per heavy atom. The van der Waals surface area contributed by atoms with Crippen LogP contribution in [-0.2, 0) is 0 Å². The van der Waals surface area contributed by atoms with Gasteiger partial charge in [-0.1, -0.05) is 0 Å². The largest absolute Gasteiger partial charge is 0.329 e. The first-order valence-electron chi connectivity index (χ1n) is 5.66. The number of hydrogen-bond acceptors (Lipinski definition) is 4. The van der Waals surface area contributed by atoms with Crippen LogP contribution in [0.1, 0.15) is 20.3 Å². The minimum absolute atomic E-state index is 0.408. The zero-order valence-corrected chi connectivity index (χ0v) is 11.8. The summed E-state index contributed by atoms with van der Waals surface area (Å²) in [6.45, 7) is 7.89. The van der Waals surface area contributed by atoms with Crippen LogP contribution in [0.5, 0.6) is 0 Å². The van der Waals surface area contributed by atoms with Crippen molar-refractivity contribution in [2.45, 2.75) is 31.1 Å². The first kappa shape index (κ1) is 13.7. The van der Waals surface area contributed by atoms with Crippen molar-refractivity contribution in [2.24, 2.45) is 5.73 Å². The second-order valence-electron chi connectivity index (χ2n) is 4.75. The normalized spacial score (nSPS) is 24.0. The molecule has 2 nitrogen and oxygen atoms in total. The first-order valence-corrected chi connectivity index (χ1v) is 8.04. The first-order chi connectivity index (χ1) is 7.09. The molecule has 1 fully saturated rings. The second kappa shape index (κ2) is 6.38. The van der Waals surface area contributed by atoms with Crippen molar-refractivity contribution < 1.29 is 0 Å². The van der Waals surface area contributed by atoms with Gasteiger partial charge in [0.05, 0.1) is 0 Å². The van der Waals surface area contributed by atoms with Crippen molar-refractivity contribution >= 4 is 23.5 Å². The lowest BCUT2D eigenvalue weighted by Crippen LogP contribution is -2.50. The van der Waals surface area contributed by atoms with Gasteiger partial charge in [0.2, 0.25) is 0 Å². The van der Waals surface area contributed by atoms with Crippen LogP contribution in [0.3, 0.4) is 0 Å². The molecular formula is C11H24N2S2. The fraction of sp³-hybridized carbons (Fsp3) is 1.00. The molecule has 1 rings (SSSR count). The Bertz CT molecular complexity index is 185. The van der Waals surface area contributed by atoms with E-state index in [1.54, 1.807) is 0 Å². The third kappa shape index (κ3) is 4.55. The summed E-state index contributed by atoms with van der Waals surface area (Å²) in [6.07, 6.45) is 3.40. The molecule has 1 atom stereocenters. The van der Waals surface area contributed by atoms with Gasteiger partial charge in [-0.3, -0.25) is 4.90 Å². The molecule has 0 saturated carbocycles. The topological polar surface area (TPSA) is 29.3 Å². The van der Waals surface area contributed by atoms with E-state index in [0.717, 1.165) is 6.54 Å². The molecule has 1 unspecified atom stereocenters. The van der Waals surface area contributed by atoms with Crippen LogP contribution in [0, 0.1) is 0 Å². The number of nitrogens with zero attached hydrogens (tertiary/aromatic N) is 1. The third-order valence-electron chi connectivity index (χ3n) is 2.90. The average molecular weight is 248 g/mol. The summed E-state index contributed by atoms with van der Waals surface area (Å²) in [5, 5.41) is 0. The van der Waals surface area contributed by atoms with Gasteiger partial charge in [0, 0.05) is 36.2 Å². The van der Waals surface area contributed by atoms with Crippen molar-refractivity contribution in [2.75, 3.05) is 37.4 Å². The molecule has 1 aliphatic rings. The van der Waals surface area contributed by atoms with Gasteiger partial charge >= 0.3 is 0 Å². The molecular weight excluding hydrogens is 224 g/mol. The molecule has 2 N–H and O–H groups in total. The van der Waals surface area contributed by atoms with E-state index in [4.69, 9.17) is 5.73 Å². The SMILES string of the molecule is CSCCC(CN)N1CCSC(C)(C)C1. The highest BCUT2D eigenvalue weighted by Gasteiger charge is 2.30. The van der Waals surface area contributed by atoms with E-state index < -0.39 is 0 Å². The van der Waals surface area contributed by atoms with Gasteiger partial charge in [0.25, 0.3) is 0 Å². The van der Waals surface area contributed by atoms with Gasteiger partial charge in [-0.15, -0.1) is 0 Å². The Balaban J connectivity index is 2.44. The zero-order valence-electron chi connectivity index (χ0n) is 10.2. The van der Waals surface area contributed by atoms with Crippen molar-refractivity contribution in [1.82, 2.24) is 4.90 Å². The minimum atomic E-state index is 0.408. The van der Waals surface area contributed by atoms with E-state index in [-0.39, 0.29) is 0 Å². The predicted octanol–water partition coefficient (Wildman–Crippen LogP) is 1.89. The lowest BCUT2D eigenvalue weighted by atomic mass is 10.1. The summed E-state index contributed by atoms with van der Waals surface area (Å²) in [7, 11) is 0. The van der Waals surface area contributed by atoms with Gasteiger partial charge in [-0.25, -0.2) is 0 Å². The van der Waals surface area contributed by atoms with Crippen LogP contribution < -0.4 is 5.73 Å². The molecule has 0 spiro atoms. The number of rotatable bonds is 5. The highest BCUT2D eigenvalue weighted by atomic mass is 32.2. The van der Waals surface area contributed by atoms with Crippen molar-refractivity contribution in [3.8, 4) is 0 Å². The fourth-order valence-electron chi connectivity index (χ4n) is 2.07. The van der Waals surface area contributed by atoms with Crippen LogP contribution in [0.25, 0.3) is 0 Å². The van der Waals surface area contributed by atoms with E-state index in [2.05, 4.69) is 36.8 Å². The molecule has 0 aromatic heterocycles. The maximum Gasteiger partial charge on any atom is 0.0231 e. The number of thioether (sulfide) groups is 2. The molecule has 0 bridgehead atoms. The molecule has 0 amide bonds. The molecule has 1 heterocycles. The van der Waals surface area contributed by atoms with Gasteiger partial charge < -0.3 is 5.73 Å². The Morgan fingerprint density at radius 2 is 2.27 bits per heavy atom. The summed E-state index contributed by atoms with van der Waals surface area (Å²) >= 11 is 4.01. The Kier molecular flexibility index (Phi) is 5.82. The molecule has 15 heavy (non-hydrogen) atoms. The third-order valence-corrected chi connectivity index (χ3v) is 4.84. The van der Waals surface area contributed by atoms with Crippen LogP contribution >= 0.6 is 23.5 Å². The predicted molar refractivity (Wildman–Crippen MR) is 74.0 cm³/mol. The Hall–Kier alpha value is 0.620. The Morgan fingerprint density at radius 1 is 1.53 bits per heavy atom. The second-order valence-corrected chi connectivity index (χ2v) is 7.54. The van der Waals surface area contributed by atoms with Gasteiger partial charge in [-0.2, -0.15) is 23.5 Å². The van der Waals surface area contributed by atoms with E-state index in [0.29, 0.717) is 10.8 Å². The summed E-state index contributed by atoms with van der Waals surface area (Å²) in [5.41, 5.74) is 5.88. The minimum Gasteiger partial charge on any atom is -0.329 e. The fourth-order valence-corrected chi connectivity index (χ4v) is 3.71. The molecule has 1 saturated heterocycles. The maximum atomic E-state index is 5.88. The summed E-state index contributed by atoms with van der Waals surface area (Å²) in [6, 6.07) is 0.595. The monoisotopic (exact) mass is 248 g/mol. The number of hydrogen-bond donors (Lipinski definition) is 1. The van der Waals surface area contributed by atoms with E-state index in [9.17, 15) is 0 Å². The number of nitrogens with two attached hydrogens (primary N) is 1. The molecule has 0 aliphatic carbocycles. The lowest BCUT2D eigenvalue weighted by Gasteiger charge is -2.41.